The van der Waals surface area contributed by atoms with Gasteiger partial charge >= 0.3 is 5.97 Å². The fourth-order valence-electron chi connectivity index (χ4n) is 3.96. The molecule has 0 fully saturated rings. The van der Waals surface area contributed by atoms with Gasteiger partial charge in [-0.25, -0.2) is 0 Å². The van der Waals surface area contributed by atoms with Gasteiger partial charge in [0.25, 0.3) is 0 Å². The normalized spacial score (nSPS) is 12.9. The number of hydrogen-bond acceptors (Lipinski definition) is 3. The molecule has 2 aromatic rings. The van der Waals surface area contributed by atoms with E-state index in [-0.39, 0.29) is 18.4 Å². The molecule has 31 heavy (non-hydrogen) atoms. The number of nitrogens with zero attached hydrogens (tertiary/aromatic N) is 1. The van der Waals surface area contributed by atoms with Gasteiger partial charge < -0.3 is 20.1 Å². The predicted molar refractivity (Wildman–Crippen MR) is 126 cm³/mol. The van der Waals surface area contributed by atoms with Gasteiger partial charge in [-0.3, -0.25) is 9.59 Å². The van der Waals surface area contributed by atoms with Crippen LogP contribution < -0.4 is 5.32 Å². The van der Waals surface area contributed by atoms with Crippen LogP contribution >= 0.6 is 0 Å². The van der Waals surface area contributed by atoms with Gasteiger partial charge in [-0.05, 0) is 56.4 Å². The molecule has 1 amide bonds. The molecule has 1 heterocycles. The Bertz CT molecular complexity index is 935. The smallest absolute Gasteiger partial charge is 0.307 e. The van der Waals surface area contributed by atoms with Crippen LogP contribution in [-0.4, -0.2) is 32.8 Å². The van der Waals surface area contributed by atoms with Crippen molar-refractivity contribution in [1.82, 2.24) is 4.57 Å². The predicted octanol–water partition coefficient (Wildman–Crippen LogP) is 5.20. The van der Waals surface area contributed by atoms with Crippen molar-refractivity contribution in [3.63, 3.8) is 0 Å². The molecule has 0 spiro atoms. The number of aliphatic hydroxyl groups excluding tert-OH is 1. The summed E-state index contributed by atoms with van der Waals surface area (Å²) in [4.78, 5) is 24.3. The molecule has 3 N–H and O–H groups in total. The summed E-state index contributed by atoms with van der Waals surface area (Å²) in [6, 6.07) is 2.02. The van der Waals surface area contributed by atoms with E-state index in [9.17, 15) is 19.8 Å². The monoisotopic (exact) mass is 430 g/mol. The molecule has 1 aromatic carbocycles. The summed E-state index contributed by atoms with van der Waals surface area (Å²) in [5.41, 5.74) is 3.67. The number of nitrogens with one attached hydrogen (secondary N) is 1. The largest absolute Gasteiger partial charge is 0.481 e. The van der Waals surface area contributed by atoms with E-state index in [1.807, 2.05) is 53.8 Å². The number of aryl methyl sites for hydroxylation is 2. The van der Waals surface area contributed by atoms with E-state index in [0.717, 1.165) is 71.9 Å². The first kappa shape index (κ1) is 24.9. The minimum absolute atomic E-state index is 0.0690. The molecule has 0 radical (unpaired) electrons. The van der Waals surface area contributed by atoms with Gasteiger partial charge in [-0.1, -0.05) is 40.0 Å². The number of aromatic nitrogens is 1. The average molecular weight is 431 g/mol. The molecular formula is C25H38N2O4. The maximum Gasteiger partial charge on any atom is 0.307 e. The van der Waals surface area contributed by atoms with E-state index in [1.54, 1.807) is 0 Å². The molecule has 1 atom stereocenters. The highest BCUT2D eigenvalue weighted by Gasteiger charge is 2.25. The number of unbranched alkanes of at least 4 members (excludes halogenated alkanes) is 3. The zero-order valence-corrected chi connectivity index (χ0v) is 19.8. The fraction of sp³-hybridized carbons (Fsp3) is 0.600. The van der Waals surface area contributed by atoms with Crippen molar-refractivity contribution in [1.29, 1.82) is 0 Å². The first-order valence-corrected chi connectivity index (χ1v) is 11.3. The molecule has 1 unspecified atom stereocenters. The van der Waals surface area contributed by atoms with Crippen LogP contribution in [0.1, 0.15) is 76.5 Å². The van der Waals surface area contributed by atoms with Crippen LogP contribution in [-0.2, 0) is 22.6 Å². The Kier molecular flexibility index (Phi) is 8.29. The maximum atomic E-state index is 12.8. The van der Waals surface area contributed by atoms with Gasteiger partial charge in [0, 0.05) is 23.5 Å². The molecule has 2 rings (SSSR count). The summed E-state index contributed by atoms with van der Waals surface area (Å²) in [5, 5.41) is 22.9. The van der Waals surface area contributed by atoms with E-state index in [2.05, 4.69) is 9.88 Å². The van der Waals surface area contributed by atoms with Crippen molar-refractivity contribution in [2.75, 3.05) is 5.32 Å². The van der Waals surface area contributed by atoms with Crippen LogP contribution in [0.15, 0.2) is 12.3 Å². The van der Waals surface area contributed by atoms with Gasteiger partial charge in [0.1, 0.15) is 0 Å². The second-order valence-corrected chi connectivity index (χ2v) is 9.70. The Hall–Kier alpha value is -2.34. The Labute approximate surface area is 185 Å². The zero-order chi connectivity index (χ0) is 23.3. The topological polar surface area (TPSA) is 91.6 Å². The lowest BCUT2D eigenvalue weighted by Gasteiger charge is -2.23. The van der Waals surface area contributed by atoms with Crippen molar-refractivity contribution in [2.24, 2.45) is 5.41 Å². The number of fused-ring (bicyclic) bond motifs is 1. The third-order valence-corrected chi connectivity index (χ3v) is 5.90. The number of rotatable bonds is 10. The third-order valence-electron chi connectivity index (χ3n) is 5.90. The minimum atomic E-state index is -0.879. The lowest BCUT2D eigenvalue weighted by atomic mass is 9.92. The number of benzene rings is 1. The van der Waals surface area contributed by atoms with E-state index in [4.69, 9.17) is 0 Å². The van der Waals surface area contributed by atoms with Crippen LogP contribution in [0.5, 0.6) is 0 Å². The molecule has 0 aliphatic carbocycles. The molecular weight excluding hydrogens is 392 g/mol. The van der Waals surface area contributed by atoms with Crippen molar-refractivity contribution in [3.05, 3.63) is 29.0 Å². The fourth-order valence-corrected chi connectivity index (χ4v) is 3.96. The zero-order valence-electron chi connectivity index (χ0n) is 19.8. The minimum Gasteiger partial charge on any atom is -0.481 e. The van der Waals surface area contributed by atoms with Gasteiger partial charge in [-0.15, -0.1) is 0 Å². The first-order valence-electron chi connectivity index (χ1n) is 11.3. The second-order valence-electron chi connectivity index (χ2n) is 9.70. The summed E-state index contributed by atoms with van der Waals surface area (Å²) in [5.74, 6) is -0.969. The first-order chi connectivity index (χ1) is 14.4. The number of carboxylic acids is 1. The van der Waals surface area contributed by atoms with Gasteiger partial charge in [0.15, 0.2) is 0 Å². The van der Waals surface area contributed by atoms with Crippen molar-refractivity contribution < 1.29 is 19.8 Å². The van der Waals surface area contributed by atoms with Crippen molar-refractivity contribution in [3.8, 4) is 0 Å². The Morgan fingerprint density at radius 2 is 1.74 bits per heavy atom. The van der Waals surface area contributed by atoms with Crippen LogP contribution in [0, 0.1) is 19.3 Å². The van der Waals surface area contributed by atoms with Gasteiger partial charge in [0.05, 0.1) is 23.7 Å². The molecule has 0 aliphatic rings. The molecule has 172 valence electrons. The average Bonchev–Trinajstić information content (AvgIpc) is 3.07. The molecule has 6 nitrogen and oxygen atoms in total. The number of aliphatic hydroxyl groups is 1. The Morgan fingerprint density at radius 1 is 1.10 bits per heavy atom. The van der Waals surface area contributed by atoms with Crippen LogP contribution in [0.4, 0.5) is 5.69 Å². The van der Waals surface area contributed by atoms with E-state index in [1.165, 1.54) is 0 Å². The molecule has 0 saturated carbocycles. The standard InChI is InChI=1S/C25H38N2O4/c1-16(28)11-9-7-8-10-13-27-14-12-19-17(2)20(15-21(29)30)18(3)22(23(19)27)26-24(31)25(4,5)6/h12,14,16,28H,7-11,13,15H2,1-6H3,(H,26,31)(H,29,30). The number of aliphatic carboxylic acids is 1. The number of carbonyl (C=O) groups is 2. The third kappa shape index (κ3) is 6.33. The molecule has 6 heteroatoms. The summed E-state index contributed by atoms with van der Waals surface area (Å²) in [7, 11) is 0. The van der Waals surface area contributed by atoms with Crippen molar-refractivity contribution in [2.45, 2.75) is 92.7 Å². The number of anilines is 1. The lowest BCUT2D eigenvalue weighted by molar-refractivity contribution is -0.136. The number of hydrogen-bond donors (Lipinski definition) is 3. The number of amides is 1. The molecule has 0 bridgehead atoms. The van der Waals surface area contributed by atoms with Crippen LogP contribution in [0.25, 0.3) is 10.9 Å². The maximum absolute atomic E-state index is 12.8. The number of carbonyl (C=O) groups excluding carboxylic acids is 1. The second kappa shape index (κ2) is 10.3. The highest BCUT2D eigenvalue weighted by molar-refractivity contribution is 6.05. The lowest BCUT2D eigenvalue weighted by Crippen LogP contribution is -2.28. The Morgan fingerprint density at radius 3 is 2.32 bits per heavy atom. The number of carboxylic acid groups (broad SMARTS) is 1. The Balaban J connectivity index is 2.39. The van der Waals surface area contributed by atoms with Gasteiger partial charge in [0.2, 0.25) is 5.91 Å². The van der Waals surface area contributed by atoms with Gasteiger partial charge in [-0.2, -0.15) is 0 Å². The summed E-state index contributed by atoms with van der Waals surface area (Å²) < 4.78 is 2.17. The van der Waals surface area contributed by atoms with E-state index >= 15 is 0 Å². The highest BCUT2D eigenvalue weighted by atomic mass is 16.4. The van der Waals surface area contributed by atoms with Crippen LogP contribution in [0.3, 0.4) is 0 Å². The quantitative estimate of drug-likeness (QED) is 0.452. The summed E-state index contributed by atoms with van der Waals surface area (Å²) >= 11 is 0. The SMILES string of the molecule is Cc1c(CC(=O)O)c(C)c2ccn(CCCCCCC(C)O)c2c1NC(=O)C(C)(C)C. The molecule has 1 aromatic heterocycles. The van der Waals surface area contributed by atoms with E-state index in [0.29, 0.717) is 0 Å². The molecule has 0 aliphatic heterocycles. The summed E-state index contributed by atoms with van der Waals surface area (Å²) in [6.45, 7) is 12.1. The van der Waals surface area contributed by atoms with E-state index < -0.39 is 11.4 Å². The van der Waals surface area contributed by atoms with Crippen molar-refractivity contribution >= 4 is 28.5 Å². The molecule has 0 saturated heterocycles. The summed E-state index contributed by atoms with van der Waals surface area (Å²) in [6.07, 6.45) is 6.74. The highest BCUT2D eigenvalue weighted by Crippen LogP contribution is 2.36. The van der Waals surface area contributed by atoms with Crippen LogP contribution in [0.2, 0.25) is 0 Å².